The summed E-state index contributed by atoms with van der Waals surface area (Å²) < 4.78 is 13.4. The van der Waals surface area contributed by atoms with Gasteiger partial charge in [-0.3, -0.25) is 9.79 Å². The molecular formula is C11H11FN2O. The fraction of sp³-hybridized carbons (Fsp3) is 0.273. The van der Waals surface area contributed by atoms with E-state index in [1.807, 2.05) is 0 Å². The molecule has 1 amide bonds. The molecule has 1 N–H and O–H groups in total. The highest BCUT2D eigenvalue weighted by molar-refractivity contribution is 6.15. The highest BCUT2D eigenvalue weighted by Crippen LogP contribution is 2.18. The molecule has 0 bridgehead atoms. The molecule has 78 valence electrons. The molecule has 1 heterocycles. The quantitative estimate of drug-likeness (QED) is 0.743. The van der Waals surface area contributed by atoms with Crippen molar-refractivity contribution in [2.45, 2.75) is 19.4 Å². The van der Waals surface area contributed by atoms with Crippen LogP contribution in [0.15, 0.2) is 29.3 Å². The number of nitrogens with one attached hydrogen (secondary N) is 1. The van der Waals surface area contributed by atoms with Crippen molar-refractivity contribution >= 4 is 11.7 Å². The summed E-state index contributed by atoms with van der Waals surface area (Å²) in [6.07, 6.45) is 0. The largest absolute Gasteiger partial charge is 0.308 e. The molecule has 0 atom stereocenters. The first kappa shape index (κ1) is 9.83. The summed E-state index contributed by atoms with van der Waals surface area (Å²) in [5.41, 5.74) is -0.478. The number of hydrogen-bond acceptors (Lipinski definition) is 2. The van der Waals surface area contributed by atoms with Gasteiger partial charge in [0, 0.05) is 0 Å². The molecule has 0 spiro atoms. The van der Waals surface area contributed by atoms with E-state index in [0.29, 0.717) is 11.4 Å². The third-order valence-corrected chi connectivity index (χ3v) is 2.31. The van der Waals surface area contributed by atoms with Crippen molar-refractivity contribution in [3.63, 3.8) is 0 Å². The van der Waals surface area contributed by atoms with E-state index in [1.54, 1.807) is 32.0 Å². The Labute approximate surface area is 87.0 Å². The maximum absolute atomic E-state index is 13.4. The highest BCUT2D eigenvalue weighted by atomic mass is 19.1. The topological polar surface area (TPSA) is 41.5 Å². The van der Waals surface area contributed by atoms with Crippen LogP contribution in [0.1, 0.15) is 19.4 Å². The second-order valence-electron chi connectivity index (χ2n) is 3.95. The van der Waals surface area contributed by atoms with Crippen LogP contribution in [0.2, 0.25) is 0 Å². The molecule has 0 aliphatic carbocycles. The first-order valence-corrected chi connectivity index (χ1v) is 4.67. The van der Waals surface area contributed by atoms with E-state index in [4.69, 9.17) is 0 Å². The number of amides is 1. The Hall–Kier alpha value is -1.71. The minimum atomic E-state index is -0.808. The van der Waals surface area contributed by atoms with Crippen molar-refractivity contribution in [2.24, 2.45) is 4.99 Å². The Morgan fingerprint density at radius 3 is 2.53 bits per heavy atom. The van der Waals surface area contributed by atoms with Gasteiger partial charge in [-0.05, 0) is 26.0 Å². The lowest BCUT2D eigenvalue weighted by atomic mass is 10.1. The van der Waals surface area contributed by atoms with Gasteiger partial charge in [-0.15, -0.1) is 0 Å². The predicted octanol–water partition coefficient (Wildman–Crippen LogP) is 1.48. The molecule has 1 aliphatic heterocycles. The summed E-state index contributed by atoms with van der Waals surface area (Å²) >= 11 is 0. The van der Waals surface area contributed by atoms with Crippen LogP contribution < -0.4 is 5.32 Å². The van der Waals surface area contributed by atoms with Crippen molar-refractivity contribution < 1.29 is 9.18 Å². The monoisotopic (exact) mass is 206 g/mol. The summed E-state index contributed by atoms with van der Waals surface area (Å²) in [5, 5.41) is 2.57. The minimum absolute atomic E-state index is 0.208. The van der Waals surface area contributed by atoms with E-state index in [-0.39, 0.29) is 11.7 Å². The highest BCUT2D eigenvalue weighted by Gasteiger charge is 2.35. The Morgan fingerprint density at radius 1 is 1.33 bits per heavy atom. The molecule has 4 heteroatoms. The Morgan fingerprint density at radius 2 is 2.00 bits per heavy atom. The maximum Gasteiger partial charge on any atom is 0.252 e. The van der Waals surface area contributed by atoms with Crippen LogP contribution >= 0.6 is 0 Å². The van der Waals surface area contributed by atoms with E-state index in [9.17, 15) is 9.18 Å². The fourth-order valence-corrected chi connectivity index (χ4v) is 1.40. The average Bonchev–Trinajstić information content (AvgIpc) is 2.42. The average molecular weight is 206 g/mol. The van der Waals surface area contributed by atoms with Crippen LogP contribution in [0.4, 0.5) is 4.39 Å². The minimum Gasteiger partial charge on any atom is -0.308 e. The van der Waals surface area contributed by atoms with Crippen LogP contribution in [-0.4, -0.2) is 17.3 Å². The molecule has 0 aromatic heterocycles. The zero-order chi connectivity index (χ0) is 11.1. The number of carbonyl (C=O) groups is 1. The summed E-state index contributed by atoms with van der Waals surface area (Å²) in [5.74, 6) is -0.280. The fourth-order valence-electron chi connectivity index (χ4n) is 1.40. The van der Waals surface area contributed by atoms with Gasteiger partial charge in [0.1, 0.15) is 17.2 Å². The molecule has 0 unspecified atom stereocenters. The number of halogens is 1. The van der Waals surface area contributed by atoms with E-state index < -0.39 is 5.54 Å². The van der Waals surface area contributed by atoms with Gasteiger partial charge in [0.2, 0.25) is 0 Å². The van der Waals surface area contributed by atoms with E-state index >= 15 is 0 Å². The van der Waals surface area contributed by atoms with Crippen molar-refractivity contribution in [3.8, 4) is 0 Å². The van der Waals surface area contributed by atoms with Gasteiger partial charge < -0.3 is 5.32 Å². The maximum atomic E-state index is 13.4. The van der Waals surface area contributed by atoms with Crippen molar-refractivity contribution in [3.05, 3.63) is 35.6 Å². The van der Waals surface area contributed by atoms with Crippen LogP contribution in [0, 0.1) is 5.82 Å². The van der Waals surface area contributed by atoms with Crippen molar-refractivity contribution in [1.82, 2.24) is 5.32 Å². The Balaban J connectivity index is 2.44. The lowest BCUT2D eigenvalue weighted by Crippen LogP contribution is -2.34. The zero-order valence-corrected chi connectivity index (χ0v) is 8.54. The molecule has 1 aromatic rings. The van der Waals surface area contributed by atoms with E-state index in [0.717, 1.165) is 0 Å². The smallest absolute Gasteiger partial charge is 0.252 e. The number of rotatable bonds is 1. The zero-order valence-electron chi connectivity index (χ0n) is 8.54. The Kier molecular flexibility index (Phi) is 2.07. The van der Waals surface area contributed by atoms with Gasteiger partial charge in [-0.2, -0.15) is 0 Å². The molecule has 0 fully saturated rings. The van der Waals surface area contributed by atoms with Gasteiger partial charge in [-0.25, -0.2) is 4.39 Å². The van der Waals surface area contributed by atoms with Gasteiger partial charge in [0.25, 0.3) is 5.91 Å². The molecule has 0 saturated carbocycles. The predicted molar refractivity (Wildman–Crippen MR) is 55.2 cm³/mol. The van der Waals surface area contributed by atoms with Gasteiger partial charge in [0.15, 0.2) is 0 Å². The molecule has 2 rings (SSSR count). The van der Waals surface area contributed by atoms with Crippen LogP contribution in [0.25, 0.3) is 0 Å². The number of aliphatic imine (C=N–C) groups is 1. The molecular weight excluding hydrogens is 195 g/mol. The molecule has 1 aromatic carbocycles. The number of hydrogen-bond donors (Lipinski definition) is 1. The van der Waals surface area contributed by atoms with Crippen LogP contribution in [-0.2, 0) is 4.79 Å². The third-order valence-electron chi connectivity index (χ3n) is 2.31. The molecule has 3 nitrogen and oxygen atoms in total. The number of benzene rings is 1. The van der Waals surface area contributed by atoms with E-state index in [1.165, 1.54) is 6.07 Å². The molecule has 0 saturated heterocycles. The van der Waals surface area contributed by atoms with Crippen molar-refractivity contribution in [1.29, 1.82) is 0 Å². The standard InChI is InChI=1S/C11H11FN2O/c1-11(2)10(15)13-9(14-11)7-5-3-4-6-8(7)12/h3-6H,1-2H3,(H,13,14,15). The molecule has 1 aliphatic rings. The normalized spacial score (nSPS) is 18.6. The summed E-state index contributed by atoms with van der Waals surface area (Å²) in [4.78, 5) is 15.6. The van der Waals surface area contributed by atoms with Gasteiger partial charge in [-0.1, -0.05) is 12.1 Å². The van der Waals surface area contributed by atoms with Gasteiger partial charge in [0.05, 0.1) is 5.56 Å². The summed E-state index contributed by atoms with van der Waals surface area (Å²) in [6.45, 7) is 3.38. The molecule has 15 heavy (non-hydrogen) atoms. The summed E-state index contributed by atoms with van der Waals surface area (Å²) in [7, 11) is 0. The van der Waals surface area contributed by atoms with Gasteiger partial charge >= 0.3 is 0 Å². The Bertz CT molecular complexity index is 452. The number of nitrogens with zero attached hydrogens (tertiary/aromatic N) is 1. The third kappa shape index (κ3) is 1.63. The lowest BCUT2D eigenvalue weighted by molar-refractivity contribution is -0.122. The number of amidine groups is 1. The van der Waals surface area contributed by atoms with E-state index in [2.05, 4.69) is 10.3 Å². The first-order valence-electron chi connectivity index (χ1n) is 4.67. The first-order chi connectivity index (χ1) is 7.00. The SMILES string of the molecule is CC1(C)N=C(c2ccccc2F)NC1=O. The summed E-state index contributed by atoms with van der Waals surface area (Å²) in [6, 6.07) is 6.24. The molecule has 0 radical (unpaired) electrons. The second-order valence-corrected chi connectivity index (χ2v) is 3.95. The number of carbonyl (C=O) groups excluding carboxylic acids is 1. The second kappa shape index (κ2) is 3.15. The van der Waals surface area contributed by atoms with Crippen molar-refractivity contribution in [2.75, 3.05) is 0 Å². The lowest BCUT2D eigenvalue weighted by Gasteiger charge is -2.07. The van der Waals surface area contributed by atoms with Crippen LogP contribution in [0.3, 0.4) is 0 Å². The van der Waals surface area contributed by atoms with Crippen LogP contribution in [0.5, 0.6) is 0 Å².